The Bertz CT molecular complexity index is 669. The Balaban J connectivity index is 2.24. The lowest BCUT2D eigenvalue weighted by Crippen LogP contribution is -2.14. The summed E-state index contributed by atoms with van der Waals surface area (Å²) < 4.78 is 5.67. The van der Waals surface area contributed by atoms with Crippen LogP contribution in [-0.2, 0) is 5.41 Å². The van der Waals surface area contributed by atoms with Crippen LogP contribution < -0.4 is 10.5 Å². The first-order valence-electron chi connectivity index (χ1n) is 6.90. The van der Waals surface area contributed by atoms with Crippen molar-refractivity contribution in [1.29, 1.82) is 5.26 Å². The molecule has 108 valence electrons. The molecule has 0 aliphatic carbocycles. The molecular weight excluding hydrogens is 262 g/mol. The van der Waals surface area contributed by atoms with E-state index in [0.717, 1.165) is 6.42 Å². The highest BCUT2D eigenvalue weighted by Crippen LogP contribution is 2.30. The van der Waals surface area contributed by atoms with Crippen LogP contribution in [0.1, 0.15) is 38.3 Å². The maximum atomic E-state index is 9.08. The first-order chi connectivity index (χ1) is 9.96. The third kappa shape index (κ3) is 3.32. The highest BCUT2D eigenvalue weighted by molar-refractivity contribution is 5.49. The van der Waals surface area contributed by atoms with Gasteiger partial charge in [-0.1, -0.05) is 32.9 Å². The van der Waals surface area contributed by atoms with Crippen molar-refractivity contribution in [3.8, 4) is 17.7 Å². The molecule has 0 bridgehead atoms. The van der Waals surface area contributed by atoms with E-state index in [0.29, 0.717) is 17.0 Å². The normalized spacial score (nSPS) is 11.0. The largest absolute Gasteiger partial charge is 0.438 e. The second-order valence-electron chi connectivity index (χ2n) is 5.60. The quantitative estimate of drug-likeness (QED) is 0.918. The average Bonchev–Trinajstić information content (AvgIpc) is 2.49. The summed E-state index contributed by atoms with van der Waals surface area (Å²) in [5.41, 5.74) is 7.77. The lowest BCUT2D eigenvalue weighted by molar-refractivity contribution is 0.459. The number of aromatic nitrogens is 1. The van der Waals surface area contributed by atoms with Gasteiger partial charge in [-0.15, -0.1) is 0 Å². The lowest BCUT2D eigenvalue weighted by Gasteiger charge is -2.23. The summed E-state index contributed by atoms with van der Waals surface area (Å²) >= 11 is 0. The Kier molecular flexibility index (Phi) is 4.13. The molecule has 0 aliphatic rings. The zero-order chi connectivity index (χ0) is 15.5. The van der Waals surface area contributed by atoms with E-state index >= 15 is 0 Å². The van der Waals surface area contributed by atoms with Crippen LogP contribution in [-0.4, -0.2) is 4.98 Å². The van der Waals surface area contributed by atoms with Crippen LogP contribution in [0.2, 0.25) is 0 Å². The Hall–Kier alpha value is -2.54. The van der Waals surface area contributed by atoms with Gasteiger partial charge >= 0.3 is 0 Å². The second-order valence-corrected chi connectivity index (χ2v) is 5.60. The number of benzene rings is 1. The first kappa shape index (κ1) is 14.9. The first-order valence-corrected chi connectivity index (χ1v) is 6.90. The van der Waals surface area contributed by atoms with Gasteiger partial charge < -0.3 is 10.5 Å². The van der Waals surface area contributed by atoms with Crippen molar-refractivity contribution in [2.75, 3.05) is 5.73 Å². The Morgan fingerprint density at radius 1 is 1.29 bits per heavy atom. The average molecular weight is 281 g/mol. The van der Waals surface area contributed by atoms with Crippen LogP contribution >= 0.6 is 0 Å². The van der Waals surface area contributed by atoms with Gasteiger partial charge in [0.15, 0.2) is 0 Å². The van der Waals surface area contributed by atoms with Gasteiger partial charge in [-0.2, -0.15) is 5.26 Å². The summed E-state index contributed by atoms with van der Waals surface area (Å²) in [5.74, 6) is 0.925. The molecule has 0 saturated carbocycles. The fourth-order valence-corrected chi connectivity index (χ4v) is 1.92. The van der Waals surface area contributed by atoms with E-state index in [-0.39, 0.29) is 11.3 Å². The number of nitrogens with zero attached hydrogens (tertiary/aromatic N) is 2. The molecule has 0 saturated heterocycles. The zero-order valence-corrected chi connectivity index (χ0v) is 12.6. The number of hydrogen-bond acceptors (Lipinski definition) is 4. The molecule has 2 aromatic rings. The summed E-state index contributed by atoms with van der Waals surface area (Å²) in [4.78, 5) is 4.06. The number of ether oxygens (including phenoxy) is 1. The Morgan fingerprint density at radius 2 is 1.95 bits per heavy atom. The maximum absolute atomic E-state index is 9.08. The van der Waals surface area contributed by atoms with Crippen LogP contribution in [0.4, 0.5) is 5.69 Å². The fourth-order valence-electron chi connectivity index (χ4n) is 1.92. The van der Waals surface area contributed by atoms with Crippen molar-refractivity contribution >= 4 is 5.69 Å². The SMILES string of the molecule is CCC(C)(C)c1ccc(Oc2ncc(N)cc2C#N)cc1. The van der Waals surface area contributed by atoms with E-state index in [2.05, 4.69) is 25.8 Å². The molecule has 0 spiro atoms. The van der Waals surface area contributed by atoms with E-state index in [4.69, 9.17) is 15.7 Å². The number of hydrogen-bond donors (Lipinski definition) is 1. The number of nitriles is 1. The van der Waals surface area contributed by atoms with Crippen LogP contribution in [0.25, 0.3) is 0 Å². The molecule has 21 heavy (non-hydrogen) atoms. The van der Waals surface area contributed by atoms with Crippen LogP contribution in [0.3, 0.4) is 0 Å². The molecule has 1 heterocycles. The number of anilines is 1. The van der Waals surface area contributed by atoms with E-state index < -0.39 is 0 Å². The Morgan fingerprint density at radius 3 is 2.52 bits per heavy atom. The minimum absolute atomic E-state index is 0.135. The highest BCUT2D eigenvalue weighted by atomic mass is 16.5. The maximum Gasteiger partial charge on any atom is 0.237 e. The van der Waals surface area contributed by atoms with Crippen molar-refractivity contribution in [2.24, 2.45) is 0 Å². The van der Waals surface area contributed by atoms with Crippen molar-refractivity contribution in [1.82, 2.24) is 4.98 Å². The predicted octanol–water partition coefficient (Wildman–Crippen LogP) is 4.02. The van der Waals surface area contributed by atoms with Crippen LogP contribution in [0, 0.1) is 11.3 Å². The van der Waals surface area contributed by atoms with Gasteiger partial charge in [0.25, 0.3) is 0 Å². The molecule has 2 rings (SSSR count). The number of nitrogens with two attached hydrogens (primary N) is 1. The zero-order valence-electron chi connectivity index (χ0n) is 12.6. The monoisotopic (exact) mass is 281 g/mol. The van der Waals surface area contributed by atoms with Gasteiger partial charge in [-0.3, -0.25) is 0 Å². The van der Waals surface area contributed by atoms with Gasteiger partial charge in [0.2, 0.25) is 5.88 Å². The summed E-state index contributed by atoms with van der Waals surface area (Å²) in [6.45, 7) is 6.58. The summed E-state index contributed by atoms with van der Waals surface area (Å²) in [6, 6.07) is 11.5. The molecule has 1 aromatic carbocycles. The molecule has 2 N–H and O–H groups in total. The van der Waals surface area contributed by atoms with Gasteiger partial charge in [0.05, 0.1) is 11.9 Å². The standard InChI is InChI=1S/C17H19N3O/c1-4-17(2,3)13-5-7-15(8-6-13)21-16-12(10-18)9-14(19)11-20-16/h5-9,11H,4,19H2,1-3H3. The van der Waals surface area contributed by atoms with E-state index in [1.165, 1.54) is 11.8 Å². The molecule has 4 nitrogen and oxygen atoms in total. The molecule has 1 aromatic heterocycles. The van der Waals surface area contributed by atoms with Crippen molar-refractivity contribution < 1.29 is 4.74 Å². The van der Waals surface area contributed by atoms with Crippen LogP contribution in [0.5, 0.6) is 11.6 Å². The smallest absolute Gasteiger partial charge is 0.237 e. The van der Waals surface area contributed by atoms with E-state index in [1.807, 2.05) is 30.3 Å². The molecule has 0 aliphatic heterocycles. The third-order valence-electron chi connectivity index (χ3n) is 3.73. The van der Waals surface area contributed by atoms with Crippen molar-refractivity contribution in [2.45, 2.75) is 32.6 Å². The van der Waals surface area contributed by atoms with Gasteiger partial charge in [-0.25, -0.2) is 4.98 Å². The third-order valence-corrected chi connectivity index (χ3v) is 3.73. The molecule has 0 atom stereocenters. The molecule has 0 amide bonds. The summed E-state index contributed by atoms with van der Waals surface area (Å²) in [5, 5.41) is 9.08. The van der Waals surface area contributed by atoms with Gasteiger partial charge in [0, 0.05) is 0 Å². The minimum atomic E-state index is 0.135. The van der Waals surface area contributed by atoms with Crippen molar-refractivity contribution in [3.05, 3.63) is 47.7 Å². The number of pyridine rings is 1. The van der Waals surface area contributed by atoms with E-state index in [1.54, 1.807) is 6.07 Å². The minimum Gasteiger partial charge on any atom is -0.438 e. The summed E-state index contributed by atoms with van der Waals surface area (Å²) in [6.07, 6.45) is 2.54. The second kappa shape index (κ2) is 5.84. The predicted molar refractivity (Wildman–Crippen MR) is 83.2 cm³/mol. The summed E-state index contributed by atoms with van der Waals surface area (Å²) in [7, 11) is 0. The van der Waals surface area contributed by atoms with Crippen molar-refractivity contribution in [3.63, 3.8) is 0 Å². The number of nitrogen functional groups attached to an aromatic ring is 1. The Labute approximate surface area is 125 Å². The molecular formula is C17H19N3O. The highest BCUT2D eigenvalue weighted by Gasteiger charge is 2.17. The van der Waals surface area contributed by atoms with Crippen LogP contribution in [0.15, 0.2) is 36.5 Å². The molecule has 0 fully saturated rings. The lowest BCUT2D eigenvalue weighted by atomic mass is 9.82. The van der Waals surface area contributed by atoms with Gasteiger partial charge in [-0.05, 0) is 35.6 Å². The molecule has 4 heteroatoms. The number of rotatable bonds is 4. The fraction of sp³-hybridized carbons (Fsp3) is 0.294. The van der Waals surface area contributed by atoms with Gasteiger partial charge in [0.1, 0.15) is 17.4 Å². The molecule has 0 unspecified atom stereocenters. The molecule has 0 radical (unpaired) electrons. The van der Waals surface area contributed by atoms with E-state index in [9.17, 15) is 0 Å². The topological polar surface area (TPSA) is 71.9 Å².